The molecule has 0 spiro atoms. The summed E-state index contributed by atoms with van der Waals surface area (Å²) in [5.41, 5.74) is 0.440. The van der Waals surface area contributed by atoms with Gasteiger partial charge in [0.15, 0.2) is 0 Å². The third kappa shape index (κ3) is 9.65. The van der Waals surface area contributed by atoms with E-state index in [9.17, 15) is 0 Å². The van der Waals surface area contributed by atoms with Crippen molar-refractivity contribution in [2.45, 2.75) is 89.5 Å². The van der Waals surface area contributed by atoms with Gasteiger partial charge in [-0.1, -0.05) is 64.4 Å². The van der Waals surface area contributed by atoms with E-state index in [1.54, 1.807) is 21.3 Å². The molecule has 0 radical (unpaired) electrons. The van der Waals surface area contributed by atoms with Gasteiger partial charge in [-0.15, -0.1) is 6.58 Å². The predicted octanol–water partition coefficient (Wildman–Crippen LogP) is 6.12. The number of hydrogen-bond donors (Lipinski definition) is 0. The predicted molar refractivity (Wildman–Crippen MR) is 102 cm³/mol. The zero-order chi connectivity index (χ0) is 17.4. The average molecular weight is 345 g/mol. The lowest BCUT2D eigenvalue weighted by atomic mass is 10.0. The summed E-state index contributed by atoms with van der Waals surface area (Å²) in [6.07, 6.45) is 17.2. The first-order chi connectivity index (χ1) is 11.2. The molecule has 0 aliphatic heterocycles. The van der Waals surface area contributed by atoms with Crippen LogP contribution in [0.5, 0.6) is 0 Å². The van der Waals surface area contributed by atoms with Gasteiger partial charge in [0.1, 0.15) is 0 Å². The first-order valence-electron chi connectivity index (χ1n) is 9.47. The standard InChI is InChI=1S/C19H40O3Si/c1-6-8-10-11-12-13-14-15-16-18-19(17-9-7-2)23(20-3,21-4)22-5/h6,19H,1,7-18H2,2-5H3. The Balaban J connectivity index is 4.03. The third-order valence-corrected chi connectivity index (χ3v) is 8.00. The fourth-order valence-electron chi connectivity index (χ4n) is 3.26. The Morgan fingerprint density at radius 1 is 0.783 bits per heavy atom. The SMILES string of the molecule is C=CCCCCCCCCCC(CCCC)[Si](OC)(OC)OC. The molecular weight excluding hydrogens is 304 g/mol. The Labute approximate surface area is 146 Å². The second-order valence-corrected chi connectivity index (χ2v) is 9.64. The van der Waals surface area contributed by atoms with E-state index in [0.717, 1.165) is 19.3 Å². The summed E-state index contributed by atoms with van der Waals surface area (Å²) in [5.74, 6) is 0. The Hall–Kier alpha value is -0.163. The molecule has 0 bridgehead atoms. The molecule has 0 aliphatic rings. The monoisotopic (exact) mass is 344 g/mol. The lowest BCUT2D eigenvalue weighted by Crippen LogP contribution is -2.47. The topological polar surface area (TPSA) is 27.7 Å². The van der Waals surface area contributed by atoms with Crippen molar-refractivity contribution in [1.29, 1.82) is 0 Å². The first kappa shape index (κ1) is 22.8. The maximum atomic E-state index is 5.71. The van der Waals surface area contributed by atoms with E-state index >= 15 is 0 Å². The van der Waals surface area contributed by atoms with Crippen LogP contribution in [0, 0.1) is 0 Å². The highest BCUT2D eigenvalue weighted by Gasteiger charge is 2.46. The Morgan fingerprint density at radius 3 is 1.74 bits per heavy atom. The van der Waals surface area contributed by atoms with Gasteiger partial charge >= 0.3 is 8.80 Å². The molecule has 0 saturated heterocycles. The summed E-state index contributed by atoms with van der Waals surface area (Å²) >= 11 is 0. The van der Waals surface area contributed by atoms with Gasteiger partial charge in [-0.3, -0.25) is 0 Å². The third-order valence-electron chi connectivity index (χ3n) is 4.72. The zero-order valence-electron chi connectivity index (χ0n) is 16.1. The molecule has 23 heavy (non-hydrogen) atoms. The molecule has 0 amide bonds. The van der Waals surface area contributed by atoms with Gasteiger partial charge in [-0.25, -0.2) is 0 Å². The van der Waals surface area contributed by atoms with E-state index in [-0.39, 0.29) is 0 Å². The molecule has 0 aromatic carbocycles. The van der Waals surface area contributed by atoms with Gasteiger partial charge in [0.2, 0.25) is 0 Å². The van der Waals surface area contributed by atoms with Gasteiger partial charge in [0.25, 0.3) is 0 Å². The average Bonchev–Trinajstić information content (AvgIpc) is 2.59. The molecule has 0 aromatic heterocycles. The molecule has 0 aliphatic carbocycles. The van der Waals surface area contributed by atoms with Gasteiger partial charge in [-0.2, -0.15) is 0 Å². The molecular formula is C19H40O3Si. The number of hydrogen-bond acceptors (Lipinski definition) is 3. The molecule has 0 rings (SSSR count). The van der Waals surface area contributed by atoms with Crippen molar-refractivity contribution in [2.24, 2.45) is 0 Å². The Kier molecular flexibility index (Phi) is 15.3. The summed E-state index contributed by atoms with van der Waals surface area (Å²) in [4.78, 5) is 0. The molecule has 1 unspecified atom stereocenters. The van der Waals surface area contributed by atoms with Gasteiger partial charge in [-0.05, 0) is 25.7 Å². The Morgan fingerprint density at radius 2 is 1.26 bits per heavy atom. The van der Waals surface area contributed by atoms with Crippen LogP contribution in [-0.2, 0) is 13.3 Å². The molecule has 4 heteroatoms. The fraction of sp³-hybridized carbons (Fsp3) is 0.895. The summed E-state index contributed by atoms with van der Waals surface area (Å²) in [5, 5.41) is 0. The van der Waals surface area contributed by atoms with Gasteiger partial charge < -0.3 is 13.3 Å². The summed E-state index contributed by atoms with van der Waals surface area (Å²) in [6, 6.07) is 0. The van der Waals surface area contributed by atoms with E-state index < -0.39 is 8.80 Å². The van der Waals surface area contributed by atoms with Crippen LogP contribution in [0.1, 0.15) is 84.0 Å². The number of rotatable bonds is 17. The first-order valence-corrected chi connectivity index (χ1v) is 11.3. The molecule has 3 nitrogen and oxygen atoms in total. The molecule has 0 fully saturated rings. The minimum Gasteiger partial charge on any atom is -0.377 e. The number of unbranched alkanes of at least 4 members (excludes halogenated alkanes) is 8. The largest absolute Gasteiger partial charge is 0.503 e. The molecule has 0 aromatic rings. The fourth-order valence-corrected chi connectivity index (χ4v) is 5.88. The summed E-state index contributed by atoms with van der Waals surface area (Å²) in [7, 11) is 2.73. The van der Waals surface area contributed by atoms with Crippen molar-refractivity contribution in [1.82, 2.24) is 0 Å². The maximum Gasteiger partial charge on any atom is 0.503 e. The molecule has 0 N–H and O–H groups in total. The minimum atomic E-state index is -2.48. The second kappa shape index (κ2) is 15.4. The van der Waals surface area contributed by atoms with E-state index in [1.807, 2.05) is 6.08 Å². The van der Waals surface area contributed by atoms with Crippen molar-refractivity contribution in [3.8, 4) is 0 Å². The smallest absolute Gasteiger partial charge is 0.377 e. The molecule has 1 atom stereocenters. The lowest BCUT2D eigenvalue weighted by Gasteiger charge is -2.32. The van der Waals surface area contributed by atoms with E-state index in [0.29, 0.717) is 5.54 Å². The van der Waals surface area contributed by atoms with Crippen molar-refractivity contribution in [3.63, 3.8) is 0 Å². The normalized spacial score (nSPS) is 13.2. The molecule has 0 saturated carbocycles. The maximum absolute atomic E-state index is 5.71. The highest BCUT2D eigenvalue weighted by Crippen LogP contribution is 2.34. The van der Waals surface area contributed by atoms with Gasteiger partial charge in [0, 0.05) is 26.9 Å². The van der Waals surface area contributed by atoms with Crippen LogP contribution in [0.25, 0.3) is 0 Å². The summed E-state index contributed by atoms with van der Waals surface area (Å²) in [6.45, 7) is 6.01. The number of allylic oxidation sites excluding steroid dienone is 1. The summed E-state index contributed by atoms with van der Waals surface area (Å²) < 4.78 is 17.1. The van der Waals surface area contributed by atoms with Crippen LogP contribution < -0.4 is 0 Å². The van der Waals surface area contributed by atoms with Crippen LogP contribution >= 0.6 is 0 Å². The van der Waals surface area contributed by atoms with Crippen LogP contribution in [0.15, 0.2) is 12.7 Å². The van der Waals surface area contributed by atoms with Crippen molar-refractivity contribution >= 4 is 8.80 Å². The van der Waals surface area contributed by atoms with E-state index in [4.69, 9.17) is 13.3 Å². The minimum absolute atomic E-state index is 0.440. The van der Waals surface area contributed by atoms with Crippen LogP contribution in [0.2, 0.25) is 5.54 Å². The van der Waals surface area contributed by atoms with Crippen molar-refractivity contribution in [2.75, 3.05) is 21.3 Å². The van der Waals surface area contributed by atoms with Crippen molar-refractivity contribution < 1.29 is 13.3 Å². The lowest BCUT2D eigenvalue weighted by molar-refractivity contribution is 0.107. The zero-order valence-corrected chi connectivity index (χ0v) is 17.1. The van der Waals surface area contributed by atoms with Crippen LogP contribution in [-0.4, -0.2) is 30.1 Å². The Bertz CT molecular complexity index is 259. The van der Waals surface area contributed by atoms with Crippen LogP contribution in [0.4, 0.5) is 0 Å². The highest BCUT2D eigenvalue weighted by molar-refractivity contribution is 6.62. The molecule has 138 valence electrons. The van der Waals surface area contributed by atoms with Crippen molar-refractivity contribution in [3.05, 3.63) is 12.7 Å². The highest BCUT2D eigenvalue weighted by atomic mass is 28.4. The molecule has 0 heterocycles. The van der Waals surface area contributed by atoms with E-state index in [1.165, 1.54) is 57.8 Å². The second-order valence-electron chi connectivity index (χ2n) is 6.40. The van der Waals surface area contributed by atoms with Crippen LogP contribution in [0.3, 0.4) is 0 Å². The van der Waals surface area contributed by atoms with Gasteiger partial charge in [0.05, 0.1) is 0 Å². The van der Waals surface area contributed by atoms with E-state index in [2.05, 4.69) is 13.5 Å². The quantitative estimate of drug-likeness (QED) is 0.181.